The van der Waals surface area contributed by atoms with E-state index in [4.69, 9.17) is 4.74 Å². The smallest absolute Gasteiger partial charge is 0.257 e. The van der Waals surface area contributed by atoms with Crippen LogP contribution < -0.4 is 15.6 Å². The van der Waals surface area contributed by atoms with Gasteiger partial charge in [-0.2, -0.15) is 0 Å². The van der Waals surface area contributed by atoms with Gasteiger partial charge in [0.15, 0.2) is 0 Å². The third-order valence-corrected chi connectivity index (χ3v) is 4.63. The summed E-state index contributed by atoms with van der Waals surface area (Å²) in [5, 5.41) is 2.65. The number of morpholine rings is 1. The molecule has 1 aromatic carbocycles. The van der Waals surface area contributed by atoms with E-state index in [9.17, 15) is 14.0 Å². The van der Waals surface area contributed by atoms with E-state index in [0.29, 0.717) is 43.2 Å². The van der Waals surface area contributed by atoms with Crippen molar-refractivity contribution in [2.45, 2.75) is 6.54 Å². The predicted molar refractivity (Wildman–Crippen MR) is 103 cm³/mol. The van der Waals surface area contributed by atoms with Gasteiger partial charge in [-0.25, -0.2) is 9.37 Å². The summed E-state index contributed by atoms with van der Waals surface area (Å²) >= 11 is 0. The van der Waals surface area contributed by atoms with E-state index in [1.807, 2.05) is 11.0 Å². The fourth-order valence-electron chi connectivity index (χ4n) is 3.14. The van der Waals surface area contributed by atoms with Crippen molar-refractivity contribution in [1.29, 1.82) is 0 Å². The van der Waals surface area contributed by atoms with E-state index in [1.54, 1.807) is 18.2 Å². The molecule has 0 spiro atoms. The van der Waals surface area contributed by atoms with Crippen molar-refractivity contribution >= 4 is 22.8 Å². The van der Waals surface area contributed by atoms with Crippen LogP contribution in [0.15, 0.2) is 47.4 Å². The van der Waals surface area contributed by atoms with Crippen LogP contribution in [0.2, 0.25) is 0 Å². The average molecular weight is 382 g/mol. The highest BCUT2D eigenvalue weighted by atomic mass is 19.1. The molecule has 1 aliphatic heterocycles. The molecule has 8 heteroatoms. The summed E-state index contributed by atoms with van der Waals surface area (Å²) in [6, 6.07) is 9.55. The van der Waals surface area contributed by atoms with Gasteiger partial charge in [-0.1, -0.05) is 12.1 Å². The molecule has 1 fully saturated rings. The van der Waals surface area contributed by atoms with Crippen LogP contribution in [0.25, 0.3) is 11.0 Å². The molecule has 0 radical (unpaired) electrons. The number of halogens is 1. The van der Waals surface area contributed by atoms with Gasteiger partial charge in [0.25, 0.3) is 5.91 Å². The van der Waals surface area contributed by atoms with Gasteiger partial charge in [-0.05, 0) is 29.8 Å². The Balaban J connectivity index is 1.59. The molecular weight excluding hydrogens is 363 g/mol. The fraction of sp³-hybridized carbons (Fsp3) is 0.250. The molecule has 0 saturated carbocycles. The molecule has 3 heterocycles. The van der Waals surface area contributed by atoms with E-state index in [-0.39, 0.29) is 23.4 Å². The molecule has 7 nitrogen and oxygen atoms in total. The highest BCUT2D eigenvalue weighted by Gasteiger charge is 2.17. The molecule has 0 bridgehead atoms. The first-order valence-corrected chi connectivity index (χ1v) is 8.99. The zero-order valence-electron chi connectivity index (χ0n) is 15.1. The van der Waals surface area contributed by atoms with E-state index >= 15 is 0 Å². The van der Waals surface area contributed by atoms with Gasteiger partial charge < -0.3 is 19.9 Å². The molecule has 2 N–H and O–H groups in total. The second-order valence-electron chi connectivity index (χ2n) is 6.51. The Labute approximate surface area is 160 Å². The number of carbonyl (C=O) groups is 1. The molecule has 0 unspecified atom stereocenters. The maximum absolute atomic E-state index is 13.3. The number of pyridine rings is 2. The van der Waals surface area contributed by atoms with Crippen LogP contribution in [0.3, 0.4) is 0 Å². The Morgan fingerprint density at radius 1 is 1.25 bits per heavy atom. The van der Waals surface area contributed by atoms with Gasteiger partial charge in [-0.3, -0.25) is 9.59 Å². The number of hydrogen-bond donors (Lipinski definition) is 2. The van der Waals surface area contributed by atoms with Gasteiger partial charge >= 0.3 is 0 Å². The van der Waals surface area contributed by atoms with Crippen LogP contribution in [0.1, 0.15) is 15.9 Å². The van der Waals surface area contributed by atoms with Crippen LogP contribution >= 0.6 is 0 Å². The zero-order valence-corrected chi connectivity index (χ0v) is 15.1. The number of nitrogens with one attached hydrogen (secondary N) is 2. The first-order valence-electron chi connectivity index (χ1n) is 8.99. The number of anilines is 1. The number of aromatic amines is 1. The quantitative estimate of drug-likeness (QED) is 0.719. The molecule has 28 heavy (non-hydrogen) atoms. The number of carbonyl (C=O) groups excluding carboxylic acids is 1. The minimum Gasteiger partial charge on any atom is -0.378 e. The summed E-state index contributed by atoms with van der Waals surface area (Å²) in [5.74, 6) is -0.236. The monoisotopic (exact) mass is 382 g/mol. The first kappa shape index (κ1) is 18.1. The van der Waals surface area contributed by atoms with Crippen molar-refractivity contribution in [2.24, 2.45) is 0 Å². The third kappa shape index (κ3) is 3.72. The molecule has 1 amide bonds. The average Bonchev–Trinajstić information content (AvgIpc) is 2.73. The maximum atomic E-state index is 13.3. The van der Waals surface area contributed by atoms with Gasteiger partial charge in [0.1, 0.15) is 22.7 Å². The molecule has 144 valence electrons. The van der Waals surface area contributed by atoms with Gasteiger partial charge in [0.2, 0.25) is 5.43 Å². The lowest BCUT2D eigenvalue weighted by molar-refractivity contribution is 0.0949. The summed E-state index contributed by atoms with van der Waals surface area (Å²) in [7, 11) is 0. The summed E-state index contributed by atoms with van der Waals surface area (Å²) in [4.78, 5) is 34.8. The number of aromatic nitrogens is 2. The van der Waals surface area contributed by atoms with Crippen molar-refractivity contribution in [3.8, 4) is 0 Å². The molecule has 4 rings (SSSR count). The SMILES string of the molecule is O=C(NCc1cccc(F)c1)c1c[nH]c2ccc(N3CCOCC3)nc2c1=O. The number of fused-ring (bicyclic) bond motifs is 1. The van der Waals surface area contributed by atoms with Crippen LogP contribution in [0.4, 0.5) is 10.2 Å². The summed E-state index contributed by atoms with van der Waals surface area (Å²) in [6.07, 6.45) is 1.38. The number of rotatable bonds is 4. The Morgan fingerprint density at radius 2 is 2.07 bits per heavy atom. The Morgan fingerprint density at radius 3 is 2.86 bits per heavy atom. The molecule has 0 aliphatic carbocycles. The second-order valence-corrected chi connectivity index (χ2v) is 6.51. The van der Waals surface area contributed by atoms with E-state index < -0.39 is 11.3 Å². The second kappa shape index (κ2) is 7.77. The van der Waals surface area contributed by atoms with Gasteiger partial charge in [0, 0.05) is 25.8 Å². The summed E-state index contributed by atoms with van der Waals surface area (Å²) in [6.45, 7) is 2.74. The zero-order chi connectivity index (χ0) is 19.5. The van der Waals surface area contributed by atoms with Crippen molar-refractivity contribution in [3.05, 3.63) is 69.8 Å². The Hall–Kier alpha value is -3.26. The number of H-pyrrole nitrogens is 1. The van der Waals surface area contributed by atoms with Gasteiger partial charge in [0.05, 0.1) is 18.7 Å². The van der Waals surface area contributed by atoms with E-state index in [1.165, 1.54) is 18.3 Å². The molecule has 0 atom stereocenters. The predicted octanol–water partition coefficient (Wildman–Crippen LogP) is 1.83. The normalized spacial score (nSPS) is 14.2. The third-order valence-electron chi connectivity index (χ3n) is 4.63. The number of hydrogen-bond acceptors (Lipinski definition) is 5. The fourth-order valence-corrected chi connectivity index (χ4v) is 3.14. The number of ether oxygens (including phenoxy) is 1. The highest BCUT2D eigenvalue weighted by molar-refractivity contribution is 5.96. The number of amides is 1. The first-order chi connectivity index (χ1) is 13.6. The lowest BCUT2D eigenvalue weighted by Crippen LogP contribution is -2.37. The minimum absolute atomic E-state index is 0.0319. The van der Waals surface area contributed by atoms with E-state index in [2.05, 4.69) is 15.3 Å². The molecule has 1 aliphatic rings. The summed E-state index contributed by atoms with van der Waals surface area (Å²) in [5.41, 5.74) is 0.903. The van der Waals surface area contributed by atoms with E-state index in [0.717, 1.165) is 0 Å². The minimum atomic E-state index is -0.536. The van der Waals surface area contributed by atoms with Crippen molar-refractivity contribution in [3.63, 3.8) is 0 Å². The standard InChI is InChI=1S/C20H19FN4O3/c21-14-3-1-2-13(10-14)11-23-20(27)15-12-22-16-4-5-17(24-18(16)19(15)26)25-6-8-28-9-7-25/h1-5,10,12H,6-9,11H2,(H,22,26)(H,23,27). The molecule has 3 aromatic rings. The topological polar surface area (TPSA) is 87.3 Å². The van der Waals surface area contributed by atoms with Crippen LogP contribution in [0, 0.1) is 5.82 Å². The molecular formula is C20H19FN4O3. The van der Waals surface area contributed by atoms with Crippen molar-refractivity contribution in [2.75, 3.05) is 31.2 Å². The van der Waals surface area contributed by atoms with Gasteiger partial charge in [-0.15, -0.1) is 0 Å². The maximum Gasteiger partial charge on any atom is 0.257 e. The summed E-state index contributed by atoms with van der Waals surface area (Å²) < 4.78 is 18.6. The van der Waals surface area contributed by atoms with Crippen molar-refractivity contribution < 1.29 is 13.9 Å². The Bertz CT molecular complexity index is 1080. The van der Waals surface area contributed by atoms with Crippen LogP contribution in [-0.4, -0.2) is 42.2 Å². The Kier molecular flexibility index (Phi) is 5.03. The molecule has 1 saturated heterocycles. The largest absolute Gasteiger partial charge is 0.378 e. The number of benzene rings is 1. The van der Waals surface area contributed by atoms with Crippen molar-refractivity contribution in [1.82, 2.24) is 15.3 Å². The van der Waals surface area contributed by atoms with Crippen LogP contribution in [-0.2, 0) is 11.3 Å². The number of nitrogens with zero attached hydrogens (tertiary/aromatic N) is 2. The lowest BCUT2D eigenvalue weighted by Gasteiger charge is -2.27. The van der Waals surface area contributed by atoms with Crippen LogP contribution in [0.5, 0.6) is 0 Å². The highest BCUT2D eigenvalue weighted by Crippen LogP contribution is 2.16. The lowest BCUT2D eigenvalue weighted by atomic mass is 10.2. The molecule has 2 aromatic heterocycles.